The van der Waals surface area contributed by atoms with Crippen LogP contribution in [0.2, 0.25) is 0 Å². The van der Waals surface area contributed by atoms with Gasteiger partial charge in [0.15, 0.2) is 5.96 Å². The summed E-state index contributed by atoms with van der Waals surface area (Å²) in [5.74, 6) is 0.550. The molecular weight excluding hydrogens is 309 g/mol. The highest BCUT2D eigenvalue weighted by Crippen LogP contribution is 2.34. The zero-order valence-corrected chi connectivity index (χ0v) is 13.0. The van der Waals surface area contributed by atoms with Crippen LogP contribution < -0.4 is 10.5 Å². The molecule has 0 spiro atoms. The van der Waals surface area contributed by atoms with Crippen molar-refractivity contribution in [1.29, 1.82) is 0 Å². The molecule has 0 radical (unpaired) electrons. The first-order chi connectivity index (χ1) is 10.9. The van der Waals surface area contributed by atoms with Crippen molar-refractivity contribution in [3.63, 3.8) is 0 Å². The molecule has 2 heterocycles. The van der Waals surface area contributed by atoms with Crippen molar-refractivity contribution in [1.82, 2.24) is 9.88 Å². The first-order valence-electron chi connectivity index (χ1n) is 7.58. The van der Waals surface area contributed by atoms with E-state index >= 15 is 0 Å². The van der Waals surface area contributed by atoms with Gasteiger partial charge in [0.1, 0.15) is 12.2 Å². The first-order valence-corrected chi connectivity index (χ1v) is 7.58. The Hall–Kier alpha value is -1.99. The minimum absolute atomic E-state index is 0.00974. The predicted octanol–water partition coefficient (Wildman–Crippen LogP) is 2.53. The fourth-order valence-electron chi connectivity index (χ4n) is 2.52. The molecule has 1 aliphatic rings. The first kappa shape index (κ1) is 17.4. The third kappa shape index (κ3) is 5.01. The lowest BCUT2D eigenvalue weighted by atomic mass is 10.0. The van der Waals surface area contributed by atoms with Crippen LogP contribution in [-0.2, 0) is 6.18 Å². The predicted molar refractivity (Wildman–Crippen MR) is 81.2 cm³/mol. The number of aliphatic imine (C=N–C) groups is 1. The molecular formula is C15H21F3N4O. The fourth-order valence-corrected chi connectivity index (χ4v) is 2.52. The van der Waals surface area contributed by atoms with Crippen LogP contribution >= 0.6 is 0 Å². The SMILES string of the molecule is CC1CCCN(C(N)=NCCOc2ncccc2C(F)(F)F)C1. The fraction of sp³-hybridized carbons (Fsp3) is 0.600. The monoisotopic (exact) mass is 330 g/mol. The summed E-state index contributed by atoms with van der Waals surface area (Å²) in [6, 6.07) is 2.17. The van der Waals surface area contributed by atoms with Gasteiger partial charge in [0.2, 0.25) is 5.88 Å². The zero-order chi connectivity index (χ0) is 16.9. The maximum atomic E-state index is 12.8. The molecule has 1 aliphatic heterocycles. The van der Waals surface area contributed by atoms with E-state index in [1.807, 2.05) is 4.90 Å². The molecule has 0 saturated carbocycles. The molecule has 1 unspecified atom stereocenters. The number of nitrogens with two attached hydrogens (primary N) is 1. The molecule has 2 rings (SSSR count). The van der Waals surface area contributed by atoms with Gasteiger partial charge in [0.25, 0.3) is 0 Å². The summed E-state index contributed by atoms with van der Waals surface area (Å²) in [5, 5.41) is 0. The lowest BCUT2D eigenvalue weighted by molar-refractivity contribution is -0.139. The Bertz CT molecular complexity index is 548. The van der Waals surface area contributed by atoms with E-state index in [9.17, 15) is 13.2 Å². The van der Waals surface area contributed by atoms with Gasteiger partial charge in [-0.3, -0.25) is 0 Å². The topological polar surface area (TPSA) is 63.7 Å². The minimum Gasteiger partial charge on any atom is -0.475 e. The van der Waals surface area contributed by atoms with E-state index in [1.165, 1.54) is 18.7 Å². The Balaban J connectivity index is 1.87. The maximum absolute atomic E-state index is 12.8. The lowest BCUT2D eigenvalue weighted by Gasteiger charge is -2.31. The van der Waals surface area contributed by atoms with Gasteiger partial charge in [-0.25, -0.2) is 9.98 Å². The van der Waals surface area contributed by atoms with Gasteiger partial charge in [-0.15, -0.1) is 0 Å². The quantitative estimate of drug-likeness (QED) is 0.523. The number of piperidine rings is 1. The number of nitrogens with zero attached hydrogens (tertiary/aromatic N) is 3. The lowest BCUT2D eigenvalue weighted by Crippen LogP contribution is -2.43. The molecule has 0 amide bonds. The number of alkyl halides is 3. The van der Waals surface area contributed by atoms with Gasteiger partial charge < -0.3 is 15.4 Å². The van der Waals surface area contributed by atoms with E-state index in [4.69, 9.17) is 10.5 Å². The highest BCUT2D eigenvalue weighted by atomic mass is 19.4. The molecule has 1 fully saturated rings. The average molecular weight is 330 g/mol. The van der Waals surface area contributed by atoms with Crippen LogP contribution in [0, 0.1) is 5.92 Å². The van der Waals surface area contributed by atoms with Crippen molar-refractivity contribution in [2.24, 2.45) is 16.6 Å². The Morgan fingerprint density at radius 2 is 2.30 bits per heavy atom. The van der Waals surface area contributed by atoms with Crippen LogP contribution in [0.25, 0.3) is 0 Å². The molecule has 2 N–H and O–H groups in total. The minimum atomic E-state index is -4.49. The highest BCUT2D eigenvalue weighted by Gasteiger charge is 2.34. The van der Waals surface area contributed by atoms with E-state index in [0.717, 1.165) is 25.6 Å². The number of ether oxygens (including phenoxy) is 1. The van der Waals surface area contributed by atoms with Crippen LogP contribution in [0.3, 0.4) is 0 Å². The standard InChI is InChI=1S/C15H21F3N4O/c1-11-4-3-8-22(10-11)14(19)21-7-9-23-13-12(15(16,17)18)5-2-6-20-13/h2,5-6,11H,3-4,7-10H2,1H3,(H2,19,21). The highest BCUT2D eigenvalue weighted by molar-refractivity contribution is 5.78. The second-order valence-electron chi connectivity index (χ2n) is 5.64. The van der Waals surface area contributed by atoms with E-state index in [-0.39, 0.29) is 13.2 Å². The van der Waals surface area contributed by atoms with Crippen molar-refractivity contribution in [2.75, 3.05) is 26.2 Å². The van der Waals surface area contributed by atoms with Crippen molar-refractivity contribution in [2.45, 2.75) is 25.9 Å². The molecule has 128 valence electrons. The van der Waals surface area contributed by atoms with Crippen molar-refractivity contribution < 1.29 is 17.9 Å². The Morgan fingerprint density at radius 1 is 1.52 bits per heavy atom. The molecule has 0 bridgehead atoms. The van der Waals surface area contributed by atoms with Crippen molar-refractivity contribution >= 4 is 5.96 Å². The number of hydrogen-bond donors (Lipinski definition) is 1. The molecule has 0 aliphatic carbocycles. The van der Waals surface area contributed by atoms with Crippen LogP contribution in [-0.4, -0.2) is 42.1 Å². The van der Waals surface area contributed by atoms with Gasteiger partial charge in [0.05, 0.1) is 6.54 Å². The molecule has 1 aromatic heterocycles. The second-order valence-corrected chi connectivity index (χ2v) is 5.64. The van der Waals surface area contributed by atoms with Gasteiger partial charge in [-0.1, -0.05) is 6.92 Å². The van der Waals surface area contributed by atoms with Gasteiger partial charge in [-0.05, 0) is 30.9 Å². The van der Waals surface area contributed by atoms with Gasteiger partial charge in [-0.2, -0.15) is 13.2 Å². The molecule has 8 heteroatoms. The zero-order valence-electron chi connectivity index (χ0n) is 13.0. The number of aromatic nitrogens is 1. The molecule has 0 aromatic carbocycles. The molecule has 5 nitrogen and oxygen atoms in total. The Kier molecular flexibility index (Phi) is 5.68. The van der Waals surface area contributed by atoms with E-state index in [2.05, 4.69) is 16.9 Å². The molecule has 1 saturated heterocycles. The summed E-state index contributed by atoms with van der Waals surface area (Å²) in [5.41, 5.74) is 5.03. The number of guanidine groups is 1. The summed E-state index contributed by atoms with van der Waals surface area (Å²) < 4.78 is 43.5. The second kappa shape index (κ2) is 7.52. The summed E-state index contributed by atoms with van der Waals surface area (Å²) in [4.78, 5) is 9.80. The number of likely N-dealkylation sites (tertiary alicyclic amines) is 1. The normalized spacial score (nSPS) is 19.7. The van der Waals surface area contributed by atoms with Crippen LogP contribution in [0.5, 0.6) is 5.88 Å². The van der Waals surface area contributed by atoms with Crippen molar-refractivity contribution in [3.05, 3.63) is 23.9 Å². The van der Waals surface area contributed by atoms with E-state index in [0.29, 0.717) is 11.9 Å². The molecule has 1 aromatic rings. The average Bonchev–Trinajstić information content (AvgIpc) is 2.51. The Labute approximate surface area is 133 Å². The number of halogens is 3. The van der Waals surface area contributed by atoms with Gasteiger partial charge in [0, 0.05) is 19.3 Å². The third-order valence-electron chi connectivity index (χ3n) is 3.66. The summed E-state index contributed by atoms with van der Waals surface area (Å²) in [6.45, 7) is 4.05. The smallest absolute Gasteiger partial charge is 0.421 e. The van der Waals surface area contributed by atoms with Crippen LogP contribution in [0.4, 0.5) is 13.2 Å². The number of rotatable bonds is 4. The van der Waals surface area contributed by atoms with E-state index in [1.54, 1.807) is 0 Å². The number of hydrogen-bond acceptors (Lipinski definition) is 3. The summed E-state index contributed by atoms with van der Waals surface area (Å²) in [7, 11) is 0. The largest absolute Gasteiger partial charge is 0.475 e. The molecule has 1 atom stereocenters. The van der Waals surface area contributed by atoms with E-state index < -0.39 is 17.6 Å². The molecule has 23 heavy (non-hydrogen) atoms. The van der Waals surface area contributed by atoms with Gasteiger partial charge >= 0.3 is 6.18 Å². The maximum Gasteiger partial charge on any atom is 0.421 e. The van der Waals surface area contributed by atoms with Crippen LogP contribution in [0.15, 0.2) is 23.3 Å². The van der Waals surface area contributed by atoms with Crippen LogP contribution in [0.1, 0.15) is 25.3 Å². The third-order valence-corrected chi connectivity index (χ3v) is 3.66. The number of pyridine rings is 1. The van der Waals surface area contributed by atoms with Crippen molar-refractivity contribution in [3.8, 4) is 5.88 Å². The summed E-state index contributed by atoms with van der Waals surface area (Å²) >= 11 is 0. The summed E-state index contributed by atoms with van der Waals surface area (Å²) in [6.07, 6.45) is -0.989. The Morgan fingerprint density at radius 3 is 3.00 bits per heavy atom.